The van der Waals surface area contributed by atoms with Crippen LogP contribution < -0.4 is 0 Å². The van der Waals surface area contributed by atoms with Gasteiger partial charge in [-0.3, -0.25) is 0 Å². The minimum absolute atomic E-state index is 0.546. The van der Waals surface area contributed by atoms with Crippen molar-refractivity contribution in [1.82, 2.24) is 0 Å². The maximum absolute atomic E-state index is 5.15. The molecule has 1 saturated heterocycles. The molecule has 0 aromatic rings. The van der Waals surface area contributed by atoms with E-state index in [9.17, 15) is 0 Å². The van der Waals surface area contributed by atoms with Crippen molar-refractivity contribution in [3.63, 3.8) is 0 Å². The lowest BCUT2D eigenvalue weighted by molar-refractivity contribution is 0.125. The van der Waals surface area contributed by atoms with E-state index in [0.29, 0.717) is 6.10 Å². The lowest BCUT2D eigenvalue weighted by atomic mass is 10.3. The Morgan fingerprint density at radius 3 is 1.82 bits per heavy atom. The van der Waals surface area contributed by atoms with Crippen molar-refractivity contribution < 1.29 is 4.74 Å². The van der Waals surface area contributed by atoms with E-state index >= 15 is 0 Å². The van der Waals surface area contributed by atoms with Crippen molar-refractivity contribution in [2.75, 3.05) is 6.61 Å². The molecule has 0 saturated carbocycles. The van der Waals surface area contributed by atoms with E-state index < -0.39 is 0 Å². The quantitative estimate of drug-likeness (QED) is 0.526. The zero-order valence-electron chi connectivity index (χ0n) is 8.81. The van der Waals surface area contributed by atoms with Crippen LogP contribution in [0.2, 0.25) is 0 Å². The van der Waals surface area contributed by atoms with Gasteiger partial charge in [0.2, 0.25) is 0 Å². The maximum Gasteiger partial charge on any atom is 0.0547 e. The molecular weight excluding hydrogens is 136 g/mol. The second-order valence-electron chi connectivity index (χ2n) is 2.53. The average Bonchev–Trinajstić information content (AvgIpc) is 2.46. The average molecular weight is 160 g/mol. The smallest absolute Gasteiger partial charge is 0.0547 e. The Bertz CT molecular complexity index is 46.8. The zero-order chi connectivity index (χ0) is 9.11. The van der Waals surface area contributed by atoms with Crippen LogP contribution in [0.4, 0.5) is 0 Å². The third kappa shape index (κ3) is 13.0. The minimum atomic E-state index is 0.546. The molecule has 0 bridgehead atoms. The second-order valence-corrected chi connectivity index (χ2v) is 2.53. The van der Waals surface area contributed by atoms with Gasteiger partial charge in [0, 0.05) is 6.61 Å². The summed E-state index contributed by atoms with van der Waals surface area (Å²) in [5.74, 6) is 0. The third-order valence-electron chi connectivity index (χ3n) is 1.16. The van der Waals surface area contributed by atoms with Gasteiger partial charge in [0.05, 0.1) is 6.10 Å². The number of ether oxygens (including phenoxy) is 1. The van der Waals surface area contributed by atoms with Crippen molar-refractivity contribution >= 4 is 0 Å². The lowest BCUT2D eigenvalue weighted by Gasteiger charge is -1.94. The Morgan fingerprint density at radius 1 is 1.27 bits per heavy atom. The summed E-state index contributed by atoms with van der Waals surface area (Å²) in [4.78, 5) is 0. The monoisotopic (exact) mass is 160 g/mol. The summed E-state index contributed by atoms with van der Waals surface area (Å²) in [6.07, 6.45) is 4.33. The van der Waals surface area contributed by atoms with Gasteiger partial charge in [-0.25, -0.2) is 0 Å². The first-order chi connectivity index (χ1) is 5.31. The molecule has 1 heterocycles. The van der Waals surface area contributed by atoms with Crippen molar-refractivity contribution in [2.24, 2.45) is 0 Å². The van der Waals surface area contributed by atoms with Crippen molar-refractivity contribution in [3.05, 3.63) is 0 Å². The molecule has 1 aliphatic heterocycles. The highest BCUT2D eigenvalue weighted by atomic mass is 16.5. The Labute approximate surface area is 72.1 Å². The molecule has 1 aliphatic rings. The van der Waals surface area contributed by atoms with Gasteiger partial charge < -0.3 is 4.74 Å². The number of hydrogen-bond donors (Lipinski definition) is 0. The first-order valence-electron chi connectivity index (χ1n) is 4.92. The van der Waals surface area contributed by atoms with Gasteiger partial charge in [-0.1, -0.05) is 34.1 Å². The molecule has 1 heteroatoms. The molecule has 0 spiro atoms. The van der Waals surface area contributed by atoms with Crippen LogP contribution in [0.5, 0.6) is 0 Å². The van der Waals surface area contributed by atoms with Crippen LogP contribution in [0.15, 0.2) is 0 Å². The molecule has 1 nitrogen and oxygen atoms in total. The van der Waals surface area contributed by atoms with Crippen LogP contribution in [-0.2, 0) is 4.74 Å². The van der Waals surface area contributed by atoms with Crippen LogP contribution in [-0.4, -0.2) is 12.7 Å². The summed E-state index contributed by atoms with van der Waals surface area (Å²) in [5.41, 5.74) is 0. The van der Waals surface area contributed by atoms with Crippen LogP contribution in [0.25, 0.3) is 0 Å². The fourth-order valence-corrected chi connectivity index (χ4v) is 0.739. The summed E-state index contributed by atoms with van der Waals surface area (Å²) < 4.78 is 5.15. The topological polar surface area (TPSA) is 9.23 Å². The van der Waals surface area contributed by atoms with Crippen LogP contribution in [0, 0.1) is 0 Å². The largest absolute Gasteiger partial charge is 0.379 e. The second kappa shape index (κ2) is 12.6. The van der Waals surface area contributed by atoms with Gasteiger partial charge in [0.1, 0.15) is 0 Å². The fourth-order valence-electron chi connectivity index (χ4n) is 0.739. The van der Waals surface area contributed by atoms with E-state index in [1.54, 1.807) is 0 Å². The molecule has 1 atom stereocenters. The highest BCUT2D eigenvalue weighted by Gasteiger charge is 2.07. The summed E-state index contributed by atoms with van der Waals surface area (Å²) in [6.45, 7) is 11.4. The van der Waals surface area contributed by atoms with E-state index in [1.165, 1.54) is 19.3 Å². The molecule has 1 rings (SSSR count). The Balaban J connectivity index is 0. The normalized spacial score (nSPS) is 21.0. The standard InChI is InChI=1S/C5H10O.C3H8.C2H6/c1-5-3-2-4-6-5;1-3-2;1-2/h5H,2-4H2,1H3;3H2,1-2H3;1-2H3. The molecular formula is C10H24O. The molecule has 1 fully saturated rings. The first kappa shape index (κ1) is 13.5. The van der Waals surface area contributed by atoms with Gasteiger partial charge >= 0.3 is 0 Å². The molecule has 0 radical (unpaired) electrons. The van der Waals surface area contributed by atoms with Gasteiger partial charge in [-0.05, 0) is 19.8 Å². The first-order valence-corrected chi connectivity index (χ1v) is 4.92. The fraction of sp³-hybridized carbons (Fsp3) is 1.00. The van der Waals surface area contributed by atoms with E-state index in [4.69, 9.17) is 4.74 Å². The Hall–Kier alpha value is -0.0400. The van der Waals surface area contributed by atoms with Gasteiger partial charge in [0.15, 0.2) is 0 Å². The predicted molar refractivity (Wildman–Crippen MR) is 52.0 cm³/mol. The SMILES string of the molecule is CC.CC1CCCO1.CCC. The highest BCUT2D eigenvalue weighted by molar-refractivity contribution is 4.56. The molecule has 0 amide bonds. The molecule has 0 aromatic carbocycles. The zero-order valence-corrected chi connectivity index (χ0v) is 8.81. The van der Waals surface area contributed by atoms with Crippen LogP contribution in [0.3, 0.4) is 0 Å². The minimum Gasteiger partial charge on any atom is -0.379 e. The molecule has 0 aliphatic carbocycles. The van der Waals surface area contributed by atoms with Crippen LogP contribution >= 0.6 is 0 Å². The maximum atomic E-state index is 5.15. The van der Waals surface area contributed by atoms with Crippen LogP contribution in [0.1, 0.15) is 53.9 Å². The number of rotatable bonds is 0. The summed E-state index contributed by atoms with van der Waals surface area (Å²) in [5, 5.41) is 0. The van der Waals surface area contributed by atoms with Crippen molar-refractivity contribution in [2.45, 2.75) is 60.0 Å². The molecule has 70 valence electrons. The van der Waals surface area contributed by atoms with Crippen molar-refractivity contribution in [1.29, 1.82) is 0 Å². The third-order valence-corrected chi connectivity index (χ3v) is 1.16. The molecule has 11 heavy (non-hydrogen) atoms. The Morgan fingerprint density at radius 2 is 1.73 bits per heavy atom. The molecule has 1 unspecified atom stereocenters. The van der Waals surface area contributed by atoms with Gasteiger partial charge in [-0.2, -0.15) is 0 Å². The van der Waals surface area contributed by atoms with E-state index in [0.717, 1.165) is 6.61 Å². The van der Waals surface area contributed by atoms with Crippen molar-refractivity contribution in [3.8, 4) is 0 Å². The summed E-state index contributed by atoms with van der Waals surface area (Å²) in [7, 11) is 0. The van der Waals surface area contributed by atoms with Gasteiger partial charge in [-0.15, -0.1) is 0 Å². The van der Waals surface area contributed by atoms with E-state index in [2.05, 4.69) is 20.8 Å². The number of hydrogen-bond acceptors (Lipinski definition) is 1. The Kier molecular flexibility index (Phi) is 15.5. The molecule has 0 aromatic heterocycles. The summed E-state index contributed by atoms with van der Waals surface area (Å²) >= 11 is 0. The molecule has 0 N–H and O–H groups in total. The summed E-state index contributed by atoms with van der Waals surface area (Å²) in [6, 6.07) is 0. The van der Waals surface area contributed by atoms with E-state index in [1.807, 2.05) is 13.8 Å². The predicted octanol–water partition coefficient (Wildman–Crippen LogP) is 3.63. The lowest BCUT2D eigenvalue weighted by Crippen LogP contribution is -1.94. The van der Waals surface area contributed by atoms with Gasteiger partial charge in [0.25, 0.3) is 0 Å². The highest BCUT2D eigenvalue weighted by Crippen LogP contribution is 2.09. The van der Waals surface area contributed by atoms with E-state index in [-0.39, 0.29) is 0 Å².